The number of methoxy groups -OCH3 is 1. The highest BCUT2D eigenvalue weighted by atomic mass is 19.1. The second kappa shape index (κ2) is 7.86. The van der Waals surface area contributed by atoms with Gasteiger partial charge in [-0.05, 0) is 42.8 Å². The quantitative estimate of drug-likeness (QED) is 0.607. The van der Waals surface area contributed by atoms with Crippen LogP contribution in [-0.2, 0) is 16.1 Å². The summed E-state index contributed by atoms with van der Waals surface area (Å²) >= 11 is 0. The van der Waals surface area contributed by atoms with E-state index < -0.39 is 5.97 Å². The molecule has 0 unspecified atom stereocenters. The highest BCUT2D eigenvalue weighted by molar-refractivity contribution is 5.86. The van der Waals surface area contributed by atoms with Crippen molar-refractivity contribution in [2.24, 2.45) is 0 Å². The van der Waals surface area contributed by atoms with Gasteiger partial charge in [0.15, 0.2) is 6.61 Å². The lowest BCUT2D eigenvalue weighted by Crippen LogP contribution is -2.15. The van der Waals surface area contributed by atoms with Crippen molar-refractivity contribution in [2.75, 3.05) is 20.3 Å². The highest BCUT2D eigenvalue weighted by Gasteiger charge is 2.15. The van der Waals surface area contributed by atoms with E-state index in [0.717, 1.165) is 16.5 Å². The monoisotopic (exact) mass is 358 g/mol. The minimum absolute atomic E-state index is 0.228. The minimum atomic E-state index is -0.461. The molecule has 7 heteroatoms. The van der Waals surface area contributed by atoms with Gasteiger partial charge in [-0.2, -0.15) is 0 Å². The summed E-state index contributed by atoms with van der Waals surface area (Å²) in [7, 11) is 1.57. The fourth-order valence-electron chi connectivity index (χ4n) is 2.58. The zero-order valence-corrected chi connectivity index (χ0v) is 14.6. The summed E-state index contributed by atoms with van der Waals surface area (Å²) < 4.78 is 30.5. The molecular weight excluding hydrogens is 339 g/mol. The van der Waals surface area contributed by atoms with Gasteiger partial charge in [0, 0.05) is 0 Å². The highest BCUT2D eigenvalue weighted by Crippen LogP contribution is 2.29. The van der Waals surface area contributed by atoms with E-state index in [-0.39, 0.29) is 19.0 Å². The standard InChI is InChI=1S/C19H19FN2O4/c1-3-25-18(23)12-26-19-16-10-15(24-2)8-9-17(16)22(21-19)11-13-4-6-14(20)7-5-13/h4-10H,3,11-12H2,1-2H3. The Labute approximate surface area is 150 Å². The molecule has 0 aliphatic heterocycles. The van der Waals surface area contributed by atoms with Gasteiger partial charge in [0.2, 0.25) is 5.88 Å². The Balaban J connectivity index is 1.92. The largest absolute Gasteiger partial charge is 0.497 e. The third-order valence-electron chi connectivity index (χ3n) is 3.80. The Hall–Kier alpha value is -3.09. The van der Waals surface area contributed by atoms with Gasteiger partial charge < -0.3 is 14.2 Å². The molecule has 0 saturated carbocycles. The lowest BCUT2D eigenvalue weighted by Gasteiger charge is -2.04. The average Bonchev–Trinajstić information content (AvgIpc) is 2.99. The molecule has 0 atom stereocenters. The molecule has 1 heterocycles. The van der Waals surface area contributed by atoms with Crippen LogP contribution in [0.5, 0.6) is 11.6 Å². The number of aromatic nitrogens is 2. The van der Waals surface area contributed by atoms with Crippen molar-refractivity contribution in [1.29, 1.82) is 0 Å². The lowest BCUT2D eigenvalue weighted by atomic mass is 10.2. The number of rotatable bonds is 7. The van der Waals surface area contributed by atoms with Gasteiger partial charge in [-0.15, -0.1) is 5.10 Å². The van der Waals surface area contributed by atoms with Crippen LogP contribution in [0.3, 0.4) is 0 Å². The van der Waals surface area contributed by atoms with Gasteiger partial charge in [0.25, 0.3) is 0 Å². The number of benzene rings is 2. The molecule has 136 valence electrons. The summed E-state index contributed by atoms with van der Waals surface area (Å²) in [6.45, 7) is 2.23. The van der Waals surface area contributed by atoms with Crippen molar-refractivity contribution in [3.8, 4) is 11.6 Å². The predicted molar refractivity (Wildman–Crippen MR) is 93.9 cm³/mol. The molecule has 2 aromatic carbocycles. The van der Waals surface area contributed by atoms with Crippen molar-refractivity contribution in [1.82, 2.24) is 9.78 Å². The number of nitrogens with zero attached hydrogens (tertiary/aromatic N) is 2. The van der Waals surface area contributed by atoms with Crippen LogP contribution in [0.25, 0.3) is 10.9 Å². The first-order valence-corrected chi connectivity index (χ1v) is 8.18. The van der Waals surface area contributed by atoms with Crippen LogP contribution in [0, 0.1) is 5.82 Å². The van der Waals surface area contributed by atoms with E-state index in [0.29, 0.717) is 18.2 Å². The van der Waals surface area contributed by atoms with Crippen LogP contribution in [0.2, 0.25) is 0 Å². The molecule has 0 aliphatic rings. The summed E-state index contributed by atoms with van der Waals surface area (Å²) in [5.74, 6) is 0.216. The van der Waals surface area contributed by atoms with Crippen molar-refractivity contribution < 1.29 is 23.4 Å². The SMILES string of the molecule is CCOC(=O)COc1nn(Cc2ccc(F)cc2)c2ccc(OC)cc12. The maximum absolute atomic E-state index is 13.1. The van der Waals surface area contributed by atoms with E-state index in [9.17, 15) is 9.18 Å². The number of hydrogen-bond donors (Lipinski definition) is 0. The van der Waals surface area contributed by atoms with Crippen molar-refractivity contribution in [3.63, 3.8) is 0 Å². The van der Waals surface area contributed by atoms with Gasteiger partial charge in [-0.25, -0.2) is 9.18 Å². The van der Waals surface area contributed by atoms with Crippen LogP contribution in [0.15, 0.2) is 42.5 Å². The van der Waals surface area contributed by atoms with Gasteiger partial charge >= 0.3 is 5.97 Å². The van der Waals surface area contributed by atoms with E-state index in [1.807, 2.05) is 12.1 Å². The molecule has 6 nitrogen and oxygen atoms in total. The molecule has 3 rings (SSSR count). The van der Waals surface area contributed by atoms with Crippen LogP contribution in [0.4, 0.5) is 4.39 Å². The zero-order chi connectivity index (χ0) is 18.5. The van der Waals surface area contributed by atoms with Crippen LogP contribution in [-0.4, -0.2) is 36.1 Å². The first-order valence-electron chi connectivity index (χ1n) is 8.18. The van der Waals surface area contributed by atoms with E-state index >= 15 is 0 Å². The predicted octanol–water partition coefficient (Wildman–Crippen LogP) is 3.17. The van der Waals surface area contributed by atoms with Crippen LogP contribution in [0.1, 0.15) is 12.5 Å². The van der Waals surface area contributed by atoms with E-state index in [1.54, 1.807) is 36.9 Å². The number of carbonyl (C=O) groups is 1. The molecule has 26 heavy (non-hydrogen) atoms. The third-order valence-corrected chi connectivity index (χ3v) is 3.80. The van der Waals surface area contributed by atoms with Gasteiger partial charge in [-0.1, -0.05) is 12.1 Å². The maximum Gasteiger partial charge on any atom is 0.344 e. The fraction of sp³-hybridized carbons (Fsp3) is 0.263. The first kappa shape index (κ1) is 17.7. The summed E-state index contributed by atoms with van der Waals surface area (Å²) in [5.41, 5.74) is 1.71. The molecule has 0 bridgehead atoms. The number of halogens is 1. The summed E-state index contributed by atoms with van der Waals surface area (Å²) in [6.07, 6.45) is 0. The Morgan fingerprint density at radius 2 is 1.96 bits per heavy atom. The molecule has 0 saturated heterocycles. The molecule has 0 fully saturated rings. The molecule has 0 N–H and O–H groups in total. The first-order chi connectivity index (χ1) is 12.6. The zero-order valence-electron chi connectivity index (χ0n) is 14.6. The number of ether oxygens (including phenoxy) is 3. The number of fused-ring (bicyclic) bond motifs is 1. The van der Waals surface area contributed by atoms with Gasteiger partial charge in [0.1, 0.15) is 11.6 Å². The number of esters is 1. The molecule has 0 aliphatic carbocycles. The number of carbonyl (C=O) groups excluding carboxylic acids is 1. The van der Waals surface area contributed by atoms with Crippen molar-refractivity contribution in [2.45, 2.75) is 13.5 Å². The molecular formula is C19H19FN2O4. The fourth-order valence-corrected chi connectivity index (χ4v) is 2.58. The van der Waals surface area contributed by atoms with Gasteiger partial charge in [0.05, 0.1) is 31.2 Å². The molecule has 3 aromatic rings. The van der Waals surface area contributed by atoms with E-state index in [2.05, 4.69) is 5.10 Å². The number of hydrogen-bond acceptors (Lipinski definition) is 5. The minimum Gasteiger partial charge on any atom is -0.497 e. The van der Waals surface area contributed by atoms with Crippen molar-refractivity contribution >= 4 is 16.9 Å². The normalized spacial score (nSPS) is 10.7. The average molecular weight is 358 g/mol. The van der Waals surface area contributed by atoms with Crippen molar-refractivity contribution in [3.05, 3.63) is 53.8 Å². The Morgan fingerprint density at radius 1 is 1.19 bits per heavy atom. The lowest BCUT2D eigenvalue weighted by molar-refractivity contribution is -0.145. The second-order valence-corrected chi connectivity index (χ2v) is 5.57. The molecule has 1 aromatic heterocycles. The molecule has 0 amide bonds. The van der Waals surface area contributed by atoms with Gasteiger partial charge in [-0.3, -0.25) is 4.68 Å². The third kappa shape index (κ3) is 3.93. The second-order valence-electron chi connectivity index (χ2n) is 5.57. The Morgan fingerprint density at radius 3 is 2.65 bits per heavy atom. The molecule has 0 spiro atoms. The summed E-state index contributed by atoms with van der Waals surface area (Å²) in [6, 6.07) is 11.7. The van der Waals surface area contributed by atoms with E-state index in [1.165, 1.54) is 12.1 Å². The smallest absolute Gasteiger partial charge is 0.344 e. The molecule has 0 radical (unpaired) electrons. The summed E-state index contributed by atoms with van der Waals surface area (Å²) in [5, 5.41) is 5.17. The van der Waals surface area contributed by atoms with E-state index in [4.69, 9.17) is 14.2 Å². The van der Waals surface area contributed by atoms with Crippen LogP contribution >= 0.6 is 0 Å². The van der Waals surface area contributed by atoms with Crippen LogP contribution < -0.4 is 9.47 Å². The summed E-state index contributed by atoms with van der Waals surface area (Å²) in [4.78, 5) is 11.6. The Bertz CT molecular complexity index is 906. The Kier molecular flexibility index (Phi) is 5.36. The topological polar surface area (TPSA) is 62.6 Å². The maximum atomic E-state index is 13.1.